The number of nitrogens with zero attached hydrogens (tertiary/aromatic N) is 2. The fourth-order valence-corrected chi connectivity index (χ4v) is 7.22. The average Bonchev–Trinajstić information content (AvgIpc) is 3.95. The zero-order valence-corrected chi connectivity index (χ0v) is 24.5. The third-order valence-electron chi connectivity index (χ3n) is 9.80. The van der Waals surface area contributed by atoms with Crippen LogP contribution in [0, 0.1) is 10.8 Å². The van der Waals surface area contributed by atoms with E-state index in [0.717, 1.165) is 24.0 Å². The highest BCUT2D eigenvalue weighted by Crippen LogP contribution is 2.66. The van der Waals surface area contributed by atoms with Crippen molar-refractivity contribution in [1.29, 1.82) is 0 Å². The molecule has 2 spiro atoms. The Balaban J connectivity index is 0.000000142. The predicted molar refractivity (Wildman–Crippen MR) is 166 cm³/mol. The van der Waals surface area contributed by atoms with E-state index >= 15 is 0 Å². The Bertz CT molecular complexity index is 1580. The molecule has 0 bridgehead atoms. The molecule has 2 saturated heterocycles. The summed E-state index contributed by atoms with van der Waals surface area (Å²) in [7, 11) is 0. The number of imide groups is 2. The van der Waals surface area contributed by atoms with Crippen molar-refractivity contribution < 1.29 is 19.2 Å². The van der Waals surface area contributed by atoms with Gasteiger partial charge in [0.2, 0.25) is 23.6 Å². The van der Waals surface area contributed by atoms with Gasteiger partial charge in [-0.1, -0.05) is 121 Å². The maximum atomic E-state index is 12.8. The van der Waals surface area contributed by atoms with Crippen molar-refractivity contribution in [3.05, 3.63) is 144 Å². The third kappa shape index (κ3) is 4.94. The van der Waals surface area contributed by atoms with Gasteiger partial charge in [0, 0.05) is 12.8 Å². The molecule has 4 aromatic rings. The summed E-state index contributed by atoms with van der Waals surface area (Å²) in [4.78, 5) is 53.1. The van der Waals surface area contributed by atoms with E-state index in [0.29, 0.717) is 25.9 Å². The minimum Gasteiger partial charge on any atom is -0.278 e. The summed E-state index contributed by atoms with van der Waals surface area (Å²) >= 11 is 0. The van der Waals surface area contributed by atoms with Crippen LogP contribution in [0.5, 0.6) is 0 Å². The molecule has 0 aromatic heterocycles. The van der Waals surface area contributed by atoms with Gasteiger partial charge >= 0.3 is 0 Å². The highest BCUT2D eigenvalue weighted by atomic mass is 16.2. The Kier molecular flexibility index (Phi) is 7.00. The monoisotopic (exact) mass is 582 g/mol. The Morgan fingerprint density at radius 3 is 1.14 bits per heavy atom. The molecule has 4 aliphatic rings. The second-order valence-corrected chi connectivity index (χ2v) is 12.5. The lowest BCUT2D eigenvalue weighted by Gasteiger charge is -2.15. The highest BCUT2D eigenvalue weighted by molar-refractivity contribution is 6.09. The van der Waals surface area contributed by atoms with Gasteiger partial charge in [0.15, 0.2) is 0 Å². The molecule has 44 heavy (non-hydrogen) atoms. The number of benzene rings is 4. The van der Waals surface area contributed by atoms with E-state index in [4.69, 9.17) is 0 Å². The normalized spacial score (nSPS) is 26.7. The molecule has 3 unspecified atom stereocenters. The van der Waals surface area contributed by atoms with Gasteiger partial charge in [0.1, 0.15) is 0 Å². The maximum Gasteiger partial charge on any atom is 0.236 e. The second-order valence-electron chi connectivity index (χ2n) is 12.5. The lowest BCUT2D eigenvalue weighted by atomic mass is 9.97. The fraction of sp³-hybridized carbons (Fsp3) is 0.263. The molecule has 8 rings (SSSR count). The summed E-state index contributed by atoms with van der Waals surface area (Å²) < 4.78 is 0. The smallest absolute Gasteiger partial charge is 0.236 e. The van der Waals surface area contributed by atoms with Crippen molar-refractivity contribution in [2.24, 2.45) is 10.8 Å². The van der Waals surface area contributed by atoms with Crippen molar-refractivity contribution >= 4 is 23.6 Å². The summed E-state index contributed by atoms with van der Waals surface area (Å²) in [5.74, 6) is 0.349. The van der Waals surface area contributed by atoms with Crippen LogP contribution in [0.15, 0.2) is 121 Å². The minimum absolute atomic E-state index is 0.00945. The van der Waals surface area contributed by atoms with Crippen molar-refractivity contribution in [3.8, 4) is 0 Å². The van der Waals surface area contributed by atoms with Crippen LogP contribution >= 0.6 is 0 Å². The summed E-state index contributed by atoms with van der Waals surface area (Å²) in [6, 6.07) is 39.5. The van der Waals surface area contributed by atoms with Crippen molar-refractivity contribution in [3.63, 3.8) is 0 Å². The Morgan fingerprint density at radius 1 is 0.477 bits per heavy atom. The van der Waals surface area contributed by atoms with Crippen LogP contribution in [0.4, 0.5) is 0 Å². The van der Waals surface area contributed by atoms with Crippen LogP contribution in [-0.2, 0) is 32.3 Å². The Morgan fingerprint density at radius 2 is 0.795 bits per heavy atom. The number of hydrogen-bond donors (Lipinski definition) is 0. The number of amides is 4. The standard InChI is InChI=1S/2C19H17NO2/c2*21-17-12-19(11-16(19)15-9-5-2-6-10-15)18(22)20(17)13-14-7-3-1-4-8-14/h2*1-10,16H,11-13H2/t16?,19-;/m0./s1. The van der Waals surface area contributed by atoms with Gasteiger partial charge in [-0.2, -0.15) is 0 Å². The second kappa shape index (κ2) is 11.0. The Hall–Kier alpha value is -4.84. The number of hydrogen-bond acceptors (Lipinski definition) is 4. The molecule has 4 aromatic carbocycles. The predicted octanol–water partition coefficient (Wildman–Crippen LogP) is 6.24. The van der Waals surface area contributed by atoms with Crippen LogP contribution in [0.2, 0.25) is 0 Å². The van der Waals surface area contributed by atoms with Crippen molar-refractivity contribution in [2.75, 3.05) is 0 Å². The summed E-state index contributed by atoms with van der Waals surface area (Å²) in [5, 5.41) is 0. The first-order valence-electron chi connectivity index (χ1n) is 15.3. The molecule has 2 saturated carbocycles. The van der Waals surface area contributed by atoms with E-state index in [1.165, 1.54) is 20.9 Å². The van der Waals surface area contributed by atoms with Gasteiger partial charge in [0.25, 0.3) is 0 Å². The molecule has 4 atom stereocenters. The number of rotatable bonds is 6. The molecular formula is C38H34N2O4. The fourth-order valence-electron chi connectivity index (χ4n) is 7.22. The molecule has 4 fully saturated rings. The lowest BCUT2D eigenvalue weighted by molar-refractivity contribution is -0.142. The summed E-state index contributed by atoms with van der Waals surface area (Å²) in [6.07, 6.45) is 2.32. The molecule has 2 aliphatic heterocycles. The van der Waals surface area contributed by atoms with E-state index in [9.17, 15) is 19.2 Å². The minimum atomic E-state index is -0.465. The van der Waals surface area contributed by atoms with E-state index < -0.39 is 10.8 Å². The largest absolute Gasteiger partial charge is 0.278 e. The number of carbonyl (C=O) groups is 4. The van der Waals surface area contributed by atoms with E-state index in [1.807, 2.05) is 97.1 Å². The molecule has 4 amide bonds. The third-order valence-corrected chi connectivity index (χ3v) is 9.80. The van der Waals surface area contributed by atoms with E-state index in [-0.39, 0.29) is 35.5 Å². The van der Waals surface area contributed by atoms with Crippen LogP contribution in [0.25, 0.3) is 0 Å². The molecule has 0 radical (unpaired) electrons. The van der Waals surface area contributed by atoms with Crippen molar-refractivity contribution in [2.45, 2.75) is 50.6 Å². The molecule has 2 heterocycles. The average molecular weight is 583 g/mol. The van der Waals surface area contributed by atoms with Crippen LogP contribution in [-0.4, -0.2) is 33.4 Å². The molecule has 0 N–H and O–H groups in total. The molecule has 6 nitrogen and oxygen atoms in total. The SMILES string of the molecule is O=C1CC2(CC2c2ccccc2)C(=O)N1Cc1ccccc1.O=C1C[C@]2(CC2c2ccccc2)C(=O)N1Cc1ccccc1. The zero-order chi connectivity index (χ0) is 30.3. The van der Waals surface area contributed by atoms with Gasteiger partial charge < -0.3 is 0 Å². The van der Waals surface area contributed by atoms with Gasteiger partial charge in [-0.15, -0.1) is 0 Å². The van der Waals surface area contributed by atoms with Crippen LogP contribution in [0.1, 0.15) is 59.8 Å². The molecule has 220 valence electrons. The van der Waals surface area contributed by atoms with Gasteiger partial charge in [-0.3, -0.25) is 29.0 Å². The topological polar surface area (TPSA) is 74.8 Å². The number of likely N-dealkylation sites (tertiary alicyclic amines) is 2. The number of carbonyl (C=O) groups excluding carboxylic acids is 4. The summed E-state index contributed by atoms with van der Waals surface area (Å²) in [6.45, 7) is 0.781. The van der Waals surface area contributed by atoms with Gasteiger partial charge in [-0.25, -0.2) is 0 Å². The van der Waals surface area contributed by atoms with Crippen molar-refractivity contribution in [1.82, 2.24) is 9.80 Å². The highest BCUT2D eigenvalue weighted by Gasteiger charge is 2.68. The van der Waals surface area contributed by atoms with E-state index in [1.54, 1.807) is 0 Å². The molecule has 6 heteroatoms. The van der Waals surface area contributed by atoms with Gasteiger partial charge in [0.05, 0.1) is 23.9 Å². The van der Waals surface area contributed by atoms with Crippen LogP contribution in [0.3, 0.4) is 0 Å². The Labute approximate surface area is 257 Å². The van der Waals surface area contributed by atoms with Crippen LogP contribution < -0.4 is 0 Å². The lowest BCUT2D eigenvalue weighted by Crippen LogP contribution is -2.30. The maximum absolute atomic E-state index is 12.8. The van der Waals surface area contributed by atoms with E-state index in [2.05, 4.69) is 24.3 Å². The first kappa shape index (κ1) is 28.0. The quantitative estimate of drug-likeness (QED) is 0.252. The molecule has 2 aliphatic carbocycles. The molecular weight excluding hydrogens is 548 g/mol. The van der Waals surface area contributed by atoms with Gasteiger partial charge in [-0.05, 0) is 46.9 Å². The zero-order valence-electron chi connectivity index (χ0n) is 24.5. The first-order valence-corrected chi connectivity index (χ1v) is 15.3. The first-order chi connectivity index (χ1) is 21.4. The summed E-state index contributed by atoms with van der Waals surface area (Å²) in [5.41, 5.74) is 3.41.